The van der Waals surface area contributed by atoms with Gasteiger partial charge in [-0.25, -0.2) is 0 Å². The fraction of sp³-hybridized carbons (Fsp3) is 0.0909. The molecule has 0 heteroatoms. The summed E-state index contributed by atoms with van der Waals surface area (Å²) in [4.78, 5) is 0. The first kappa shape index (κ1) is 25.3. The molecule has 0 atom stereocenters. The fourth-order valence-corrected chi connectivity index (χ4v) is 8.03. The molecule has 0 nitrogen and oxygen atoms in total. The van der Waals surface area contributed by atoms with Crippen LogP contribution in [0.2, 0.25) is 0 Å². The Labute approximate surface area is 258 Å². The molecular weight excluding hydrogens is 528 g/mol. The van der Waals surface area contributed by atoms with Crippen LogP contribution in [0.3, 0.4) is 0 Å². The van der Waals surface area contributed by atoms with Crippen LogP contribution in [-0.2, 0) is 5.41 Å². The highest BCUT2D eigenvalue weighted by Gasteiger charge is 2.35. The lowest BCUT2D eigenvalue weighted by atomic mass is 9.81. The van der Waals surface area contributed by atoms with Crippen LogP contribution in [-0.4, -0.2) is 0 Å². The zero-order valence-corrected chi connectivity index (χ0v) is 25.3. The third kappa shape index (κ3) is 3.46. The minimum absolute atomic E-state index is 0.00776. The van der Waals surface area contributed by atoms with Crippen molar-refractivity contribution in [3.63, 3.8) is 0 Å². The number of benzene rings is 8. The molecule has 0 saturated heterocycles. The summed E-state index contributed by atoms with van der Waals surface area (Å²) in [6.07, 6.45) is 0. The Morgan fingerprint density at radius 1 is 0.386 bits per heavy atom. The van der Waals surface area contributed by atoms with Crippen molar-refractivity contribution in [1.29, 1.82) is 0 Å². The number of hydrogen-bond acceptors (Lipinski definition) is 0. The molecule has 0 amide bonds. The Hall–Kier alpha value is -5.20. The van der Waals surface area contributed by atoms with Gasteiger partial charge < -0.3 is 0 Å². The van der Waals surface area contributed by atoms with Gasteiger partial charge in [-0.15, -0.1) is 0 Å². The van der Waals surface area contributed by atoms with E-state index >= 15 is 0 Å². The Kier molecular flexibility index (Phi) is 5.26. The van der Waals surface area contributed by atoms with Crippen LogP contribution in [0.5, 0.6) is 0 Å². The van der Waals surface area contributed by atoms with E-state index in [0.717, 1.165) is 0 Å². The quantitative estimate of drug-likeness (QED) is 0.146. The molecule has 9 rings (SSSR count). The summed E-state index contributed by atoms with van der Waals surface area (Å²) in [5.74, 6) is 0. The first-order valence-corrected chi connectivity index (χ1v) is 15.6. The molecule has 0 saturated carbocycles. The zero-order valence-electron chi connectivity index (χ0n) is 25.3. The van der Waals surface area contributed by atoms with E-state index in [-0.39, 0.29) is 5.41 Å². The highest BCUT2D eigenvalue weighted by Crippen LogP contribution is 2.51. The Morgan fingerprint density at radius 2 is 1.00 bits per heavy atom. The van der Waals surface area contributed by atoms with Crippen LogP contribution in [0.25, 0.3) is 76.5 Å². The van der Waals surface area contributed by atoms with Gasteiger partial charge in [0.1, 0.15) is 0 Å². The van der Waals surface area contributed by atoms with Crippen LogP contribution in [0.1, 0.15) is 30.5 Å². The highest BCUT2D eigenvalue weighted by atomic mass is 14.4. The van der Waals surface area contributed by atoms with Gasteiger partial charge in [0.25, 0.3) is 0 Å². The molecule has 1 aliphatic carbocycles. The van der Waals surface area contributed by atoms with Crippen LogP contribution < -0.4 is 0 Å². The van der Waals surface area contributed by atoms with Gasteiger partial charge in [-0.1, -0.05) is 147 Å². The second-order valence-electron chi connectivity index (χ2n) is 13.0. The highest BCUT2D eigenvalue weighted by molar-refractivity contribution is 6.25. The van der Waals surface area contributed by atoms with E-state index in [4.69, 9.17) is 0 Å². The second-order valence-corrected chi connectivity index (χ2v) is 13.0. The number of rotatable bonds is 2. The predicted molar refractivity (Wildman–Crippen MR) is 190 cm³/mol. The zero-order chi connectivity index (χ0) is 29.6. The molecule has 0 N–H and O–H groups in total. The van der Waals surface area contributed by atoms with E-state index in [1.54, 1.807) is 0 Å². The monoisotopic (exact) mass is 560 g/mol. The third-order valence-corrected chi connectivity index (χ3v) is 10.1. The first-order valence-electron chi connectivity index (χ1n) is 15.6. The summed E-state index contributed by atoms with van der Waals surface area (Å²) in [5, 5.41) is 10.4. The van der Waals surface area contributed by atoms with Crippen molar-refractivity contribution in [3.8, 4) is 33.4 Å². The third-order valence-electron chi connectivity index (χ3n) is 10.1. The average Bonchev–Trinajstić information content (AvgIpc) is 3.29. The lowest BCUT2D eigenvalue weighted by Gasteiger charge is -2.22. The molecule has 8 aromatic carbocycles. The molecule has 0 aliphatic heterocycles. The standard InChI is InChI=1S/C44H32/c1-27-20-22-36-38(24-27)42(29-21-23-41-37(26-29)33-16-10-11-19-40(33)44(41,2)3)34-17-8-9-18-35(34)43(36)39-25-28-12-4-5-13-30(28)31-14-6-7-15-32(31)39/h4-26H,1-3H3. The van der Waals surface area contributed by atoms with Crippen LogP contribution in [0.4, 0.5) is 0 Å². The first-order chi connectivity index (χ1) is 21.5. The molecule has 0 spiro atoms. The lowest BCUT2D eigenvalue weighted by Crippen LogP contribution is -2.14. The number of hydrogen-bond donors (Lipinski definition) is 0. The predicted octanol–water partition coefficient (Wildman–Crippen LogP) is 12.2. The SMILES string of the molecule is Cc1ccc2c(-c3cc4ccccc4c4ccccc34)c3ccccc3c(-c3ccc4c(c3)-c3ccccc3C4(C)C)c2c1. The number of fused-ring (bicyclic) bond motifs is 8. The summed E-state index contributed by atoms with van der Waals surface area (Å²) >= 11 is 0. The minimum Gasteiger partial charge on any atom is -0.0619 e. The van der Waals surface area contributed by atoms with E-state index in [2.05, 4.69) is 160 Å². The molecule has 0 bridgehead atoms. The number of aryl methyl sites for hydroxylation is 1. The molecule has 44 heavy (non-hydrogen) atoms. The molecule has 208 valence electrons. The van der Waals surface area contributed by atoms with Crippen molar-refractivity contribution < 1.29 is 0 Å². The van der Waals surface area contributed by atoms with Gasteiger partial charge in [-0.05, 0) is 107 Å². The van der Waals surface area contributed by atoms with Gasteiger partial charge in [-0.3, -0.25) is 0 Å². The van der Waals surface area contributed by atoms with E-state index in [1.807, 2.05) is 0 Å². The van der Waals surface area contributed by atoms with E-state index in [9.17, 15) is 0 Å². The van der Waals surface area contributed by atoms with Crippen molar-refractivity contribution in [1.82, 2.24) is 0 Å². The Bertz CT molecular complexity index is 2470. The average molecular weight is 561 g/mol. The van der Waals surface area contributed by atoms with Gasteiger partial charge in [0.2, 0.25) is 0 Å². The van der Waals surface area contributed by atoms with Gasteiger partial charge in [0.05, 0.1) is 0 Å². The maximum atomic E-state index is 2.46. The molecule has 0 heterocycles. The lowest BCUT2D eigenvalue weighted by molar-refractivity contribution is 0.660. The van der Waals surface area contributed by atoms with Gasteiger partial charge >= 0.3 is 0 Å². The fourth-order valence-electron chi connectivity index (χ4n) is 8.03. The second kappa shape index (κ2) is 9.15. The maximum absolute atomic E-state index is 2.46. The molecule has 0 unspecified atom stereocenters. The molecule has 0 aromatic heterocycles. The van der Waals surface area contributed by atoms with Crippen LogP contribution >= 0.6 is 0 Å². The minimum atomic E-state index is -0.00776. The van der Waals surface area contributed by atoms with Crippen LogP contribution in [0.15, 0.2) is 140 Å². The van der Waals surface area contributed by atoms with Crippen LogP contribution in [0, 0.1) is 6.92 Å². The summed E-state index contributed by atoms with van der Waals surface area (Å²) < 4.78 is 0. The molecule has 1 aliphatic rings. The Morgan fingerprint density at radius 3 is 1.82 bits per heavy atom. The van der Waals surface area contributed by atoms with Gasteiger partial charge in [0.15, 0.2) is 0 Å². The van der Waals surface area contributed by atoms with E-state index < -0.39 is 0 Å². The summed E-state index contributed by atoms with van der Waals surface area (Å²) in [5.41, 5.74) is 12.0. The van der Waals surface area contributed by atoms with Crippen molar-refractivity contribution in [2.45, 2.75) is 26.2 Å². The van der Waals surface area contributed by atoms with E-state index in [0.29, 0.717) is 0 Å². The smallest absolute Gasteiger partial charge is 0.0158 e. The normalized spacial score (nSPS) is 13.5. The van der Waals surface area contributed by atoms with Crippen molar-refractivity contribution >= 4 is 43.1 Å². The van der Waals surface area contributed by atoms with E-state index in [1.165, 1.54) is 93.2 Å². The topological polar surface area (TPSA) is 0 Å². The van der Waals surface area contributed by atoms with Crippen molar-refractivity contribution in [2.24, 2.45) is 0 Å². The van der Waals surface area contributed by atoms with Crippen molar-refractivity contribution in [2.75, 3.05) is 0 Å². The summed E-state index contributed by atoms with van der Waals surface area (Å²) in [6.45, 7) is 6.92. The maximum Gasteiger partial charge on any atom is 0.0158 e. The van der Waals surface area contributed by atoms with Gasteiger partial charge in [0, 0.05) is 5.41 Å². The summed E-state index contributed by atoms with van der Waals surface area (Å²) in [6, 6.07) is 52.3. The van der Waals surface area contributed by atoms with Crippen molar-refractivity contribution in [3.05, 3.63) is 156 Å². The molecule has 8 aromatic rings. The molecule has 0 radical (unpaired) electrons. The molecular formula is C44H32. The van der Waals surface area contributed by atoms with Gasteiger partial charge in [-0.2, -0.15) is 0 Å². The largest absolute Gasteiger partial charge is 0.0619 e. The Balaban J connectivity index is 1.42. The summed E-state index contributed by atoms with van der Waals surface area (Å²) in [7, 11) is 0. The molecule has 0 fully saturated rings.